The third-order valence-electron chi connectivity index (χ3n) is 3.46. The topological polar surface area (TPSA) is 55.1 Å². The molecule has 0 bridgehead atoms. The molecule has 122 valence electrons. The summed E-state index contributed by atoms with van der Waals surface area (Å²) in [4.78, 5) is 12.0. The number of hydrogen-bond acceptors (Lipinski definition) is 4. The summed E-state index contributed by atoms with van der Waals surface area (Å²) in [7, 11) is 0. The second-order valence-corrected chi connectivity index (χ2v) is 6.45. The maximum Gasteiger partial charge on any atom is 0.236 e. The van der Waals surface area contributed by atoms with Crippen molar-refractivity contribution in [2.24, 2.45) is 0 Å². The van der Waals surface area contributed by atoms with Crippen LogP contribution in [0.25, 0.3) is 11.3 Å². The van der Waals surface area contributed by atoms with Gasteiger partial charge in [0, 0.05) is 17.4 Å². The van der Waals surface area contributed by atoms with Gasteiger partial charge in [0.05, 0.1) is 5.75 Å². The van der Waals surface area contributed by atoms with Crippen LogP contribution in [0.4, 0.5) is 5.88 Å². The van der Waals surface area contributed by atoms with Gasteiger partial charge in [-0.15, -0.1) is 11.8 Å². The van der Waals surface area contributed by atoms with Crippen molar-refractivity contribution < 1.29 is 9.32 Å². The van der Waals surface area contributed by atoms with Crippen LogP contribution in [0.2, 0.25) is 0 Å². The molecule has 3 rings (SSSR count). The molecule has 5 heteroatoms. The van der Waals surface area contributed by atoms with E-state index in [0.717, 1.165) is 11.3 Å². The Morgan fingerprint density at radius 2 is 1.88 bits per heavy atom. The van der Waals surface area contributed by atoms with E-state index in [0.29, 0.717) is 17.3 Å². The summed E-state index contributed by atoms with van der Waals surface area (Å²) in [6.07, 6.45) is 0. The van der Waals surface area contributed by atoms with Crippen molar-refractivity contribution in [3.8, 4) is 11.3 Å². The van der Waals surface area contributed by atoms with E-state index in [1.807, 2.05) is 49.4 Å². The summed E-state index contributed by atoms with van der Waals surface area (Å²) in [6, 6.07) is 19.8. The highest BCUT2D eigenvalue weighted by Crippen LogP contribution is 2.22. The molecule has 0 saturated carbocycles. The molecule has 0 unspecified atom stereocenters. The lowest BCUT2D eigenvalue weighted by Gasteiger charge is -2.02. The molecule has 0 aliphatic carbocycles. The Balaban J connectivity index is 1.51. The molecule has 24 heavy (non-hydrogen) atoms. The zero-order chi connectivity index (χ0) is 16.8. The summed E-state index contributed by atoms with van der Waals surface area (Å²) in [6.45, 7) is 2.03. The summed E-state index contributed by atoms with van der Waals surface area (Å²) in [5.41, 5.74) is 4.06. The first kappa shape index (κ1) is 16.3. The van der Waals surface area contributed by atoms with Crippen LogP contribution in [0.1, 0.15) is 11.1 Å². The van der Waals surface area contributed by atoms with E-state index in [9.17, 15) is 4.79 Å². The van der Waals surface area contributed by atoms with Gasteiger partial charge < -0.3 is 4.52 Å². The zero-order valence-corrected chi connectivity index (χ0v) is 14.2. The van der Waals surface area contributed by atoms with Crippen LogP contribution in [0.3, 0.4) is 0 Å². The molecule has 1 heterocycles. The maximum atomic E-state index is 12.0. The van der Waals surface area contributed by atoms with E-state index in [2.05, 4.69) is 22.6 Å². The molecule has 0 fully saturated rings. The van der Waals surface area contributed by atoms with Crippen molar-refractivity contribution in [2.75, 3.05) is 11.1 Å². The first-order chi connectivity index (χ1) is 11.7. The number of carbonyl (C=O) groups is 1. The van der Waals surface area contributed by atoms with E-state index < -0.39 is 0 Å². The molecular weight excluding hydrogens is 320 g/mol. The van der Waals surface area contributed by atoms with Gasteiger partial charge in [0.2, 0.25) is 11.8 Å². The van der Waals surface area contributed by atoms with Crippen LogP contribution in [0.5, 0.6) is 0 Å². The first-order valence-corrected chi connectivity index (χ1v) is 8.81. The van der Waals surface area contributed by atoms with Crippen LogP contribution >= 0.6 is 11.8 Å². The van der Waals surface area contributed by atoms with Crippen molar-refractivity contribution >= 4 is 23.6 Å². The fourth-order valence-corrected chi connectivity index (χ4v) is 2.99. The minimum atomic E-state index is -0.0949. The molecule has 3 aromatic rings. The van der Waals surface area contributed by atoms with Gasteiger partial charge in [-0.25, -0.2) is 0 Å². The molecule has 0 atom stereocenters. The van der Waals surface area contributed by atoms with E-state index in [1.165, 1.54) is 11.1 Å². The Kier molecular flexibility index (Phi) is 5.33. The third-order valence-corrected chi connectivity index (χ3v) is 4.47. The van der Waals surface area contributed by atoms with Gasteiger partial charge >= 0.3 is 0 Å². The van der Waals surface area contributed by atoms with Gasteiger partial charge in [-0.1, -0.05) is 65.3 Å². The van der Waals surface area contributed by atoms with Crippen LogP contribution in [0, 0.1) is 6.92 Å². The van der Waals surface area contributed by atoms with Gasteiger partial charge in [0.1, 0.15) is 5.69 Å². The molecule has 0 saturated heterocycles. The monoisotopic (exact) mass is 338 g/mol. The van der Waals surface area contributed by atoms with E-state index in [4.69, 9.17) is 4.52 Å². The highest BCUT2D eigenvalue weighted by molar-refractivity contribution is 7.99. The number of thioether (sulfide) groups is 1. The molecule has 1 aromatic heterocycles. The molecule has 0 radical (unpaired) electrons. The second-order valence-electron chi connectivity index (χ2n) is 5.47. The number of nitrogens with one attached hydrogen (secondary N) is 1. The highest BCUT2D eigenvalue weighted by Gasteiger charge is 2.09. The van der Waals surface area contributed by atoms with E-state index in [-0.39, 0.29) is 5.91 Å². The number of nitrogens with zero attached hydrogens (tertiary/aromatic N) is 1. The molecule has 0 aliphatic rings. The Morgan fingerprint density at radius 1 is 1.12 bits per heavy atom. The largest absolute Gasteiger partial charge is 0.338 e. The van der Waals surface area contributed by atoms with Gasteiger partial charge in [-0.05, 0) is 12.5 Å². The Labute approximate surface area is 145 Å². The fourth-order valence-electron chi connectivity index (χ4n) is 2.20. The van der Waals surface area contributed by atoms with Crippen LogP contribution in [-0.4, -0.2) is 16.8 Å². The normalized spacial score (nSPS) is 10.5. The quantitative estimate of drug-likeness (QED) is 0.718. The standard InChI is InChI=1S/C19H18N2O2S/c1-14-7-9-16(10-8-14)17-11-19(23-21-17)20-18(22)13-24-12-15-5-3-2-4-6-15/h2-11H,12-13H2,1H3,(H,20,22). The van der Waals surface area contributed by atoms with Gasteiger partial charge in [-0.3, -0.25) is 10.1 Å². The lowest BCUT2D eigenvalue weighted by Crippen LogP contribution is -2.13. The number of hydrogen-bond donors (Lipinski definition) is 1. The number of rotatable bonds is 6. The number of carbonyl (C=O) groups excluding carboxylic acids is 1. The minimum absolute atomic E-state index is 0.0949. The third kappa shape index (κ3) is 4.49. The zero-order valence-electron chi connectivity index (χ0n) is 13.4. The smallest absolute Gasteiger partial charge is 0.236 e. The highest BCUT2D eigenvalue weighted by atomic mass is 32.2. The van der Waals surface area contributed by atoms with Crippen LogP contribution in [0.15, 0.2) is 65.2 Å². The molecular formula is C19H18N2O2S. The SMILES string of the molecule is Cc1ccc(-c2cc(NC(=O)CSCc3ccccc3)on2)cc1. The number of aryl methyl sites for hydroxylation is 1. The first-order valence-electron chi connectivity index (χ1n) is 7.66. The Morgan fingerprint density at radius 3 is 2.62 bits per heavy atom. The summed E-state index contributed by atoms with van der Waals surface area (Å²) in [5.74, 6) is 1.45. The average molecular weight is 338 g/mol. The molecule has 0 aliphatic heterocycles. The maximum absolute atomic E-state index is 12.0. The van der Waals surface area contributed by atoms with Crippen LogP contribution < -0.4 is 5.32 Å². The molecule has 4 nitrogen and oxygen atoms in total. The molecule has 1 amide bonds. The number of anilines is 1. The van der Waals surface area contributed by atoms with Crippen molar-refractivity contribution in [1.29, 1.82) is 0 Å². The van der Waals surface area contributed by atoms with Crippen molar-refractivity contribution in [3.63, 3.8) is 0 Å². The lowest BCUT2D eigenvalue weighted by atomic mass is 10.1. The summed E-state index contributed by atoms with van der Waals surface area (Å²) >= 11 is 1.56. The van der Waals surface area contributed by atoms with E-state index in [1.54, 1.807) is 17.8 Å². The van der Waals surface area contributed by atoms with Gasteiger partial charge in [0.15, 0.2) is 0 Å². The second kappa shape index (κ2) is 7.84. The summed E-state index contributed by atoms with van der Waals surface area (Å²) in [5, 5.41) is 6.74. The summed E-state index contributed by atoms with van der Waals surface area (Å²) < 4.78 is 5.19. The predicted molar refractivity (Wildman–Crippen MR) is 97.9 cm³/mol. The average Bonchev–Trinajstić information content (AvgIpc) is 3.05. The molecule has 2 aromatic carbocycles. The van der Waals surface area contributed by atoms with E-state index >= 15 is 0 Å². The number of amides is 1. The Hall–Kier alpha value is -2.53. The van der Waals surface area contributed by atoms with Crippen molar-refractivity contribution in [3.05, 3.63) is 71.8 Å². The van der Waals surface area contributed by atoms with Crippen molar-refractivity contribution in [1.82, 2.24) is 5.16 Å². The minimum Gasteiger partial charge on any atom is -0.338 e. The molecule has 0 spiro atoms. The van der Waals surface area contributed by atoms with Crippen molar-refractivity contribution in [2.45, 2.75) is 12.7 Å². The number of aromatic nitrogens is 1. The lowest BCUT2D eigenvalue weighted by molar-refractivity contribution is -0.113. The van der Waals surface area contributed by atoms with Gasteiger partial charge in [0.25, 0.3) is 0 Å². The predicted octanol–water partition coefficient (Wildman–Crippen LogP) is 4.52. The Bertz CT molecular complexity index is 798. The molecule has 1 N–H and O–H groups in total. The fraction of sp³-hybridized carbons (Fsp3) is 0.158. The number of benzene rings is 2. The van der Waals surface area contributed by atoms with Crippen LogP contribution in [-0.2, 0) is 10.5 Å². The van der Waals surface area contributed by atoms with Gasteiger partial charge in [-0.2, -0.15) is 0 Å².